The lowest BCUT2D eigenvalue weighted by Gasteiger charge is -2.23. The minimum Gasteiger partial charge on any atom is -0.465 e. The van der Waals surface area contributed by atoms with Gasteiger partial charge in [-0.2, -0.15) is 0 Å². The monoisotopic (exact) mass is 290 g/mol. The van der Waals surface area contributed by atoms with Gasteiger partial charge in [-0.25, -0.2) is 17.6 Å². The van der Waals surface area contributed by atoms with Gasteiger partial charge in [0.15, 0.2) is 0 Å². The summed E-state index contributed by atoms with van der Waals surface area (Å²) in [6, 6.07) is 3.56. The molecule has 1 aromatic rings. The largest absolute Gasteiger partial charge is 0.465 e. The number of carboxylic acid groups (broad SMARTS) is 1. The molecule has 0 aliphatic carbocycles. The molecule has 0 spiro atoms. The third kappa shape index (κ3) is 4.09. The van der Waals surface area contributed by atoms with Crippen LogP contribution < -0.4 is 9.62 Å². The number of anilines is 1. The first-order valence-electron chi connectivity index (χ1n) is 5.48. The van der Waals surface area contributed by atoms with Crippen LogP contribution in [0.1, 0.15) is 12.5 Å². The van der Waals surface area contributed by atoms with E-state index in [1.54, 1.807) is 6.92 Å². The first-order chi connectivity index (χ1) is 8.75. The predicted octanol–water partition coefficient (Wildman–Crippen LogP) is 1.38. The van der Waals surface area contributed by atoms with E-state index in [0.29, 0.717) is 0 Å². The molecule has 0 unspecified atom stereocenters. The van der Waals surface area contributed by atoms with Gasteiger partial charge < -0.3 is 10.4 Å². The molecule has 0 atom stereocenters. The Labute approximate surface area is 110 Å². The van der Waals surface area contributed by atoms with E-state index in [-0.39, 0.29) is 24.3 Å². The van der Waals surface area contributed by atoms with Crippen LogP contribution in [0, 0.1) is 5.82 Å². The lowest BCUT2D eigenvalue weighted by Crippen LogP contribution is -2.31. The Morgan fingerprint density at radius 1 is 1.47 bits per heavy atom. The minimum absolute atomic E-state index is 0.171. The third-order valence-corrected chi connectivity index (χ3v) is 3.68. The zero-order chi connectivity index (χ0) is 14.6. The fourth-order valence-electron chi connectivity index (χ4n) is 1.69. The molecule has 0 aliphatic heterocycles. The highest BCUT2D eigenvalue weighted by atomic mass is 32.2. The van der Waals surface area contributed by atoms with Gasteiger partial charge in [0.2, 0.25) is 10.0 Å². The highest BCUT2D eigenvalue weighted by Crippen LogP contribution is 2.23. The molecule has 0 saturated heterocycles. The van der Waals surface area contributed by atoms with Crippen molar-refractivity contribution in [2.75, 3.05) is 17.1 Å². The van der Waals surface area contributed by atoms with Crippen LogP contribution >= 0.6 is 0 Å². The number of sulfonamides is 1. The van der Waals surface area contributed by atoms with Crippen LogP contribution in [0.2, 0.25) is 0 Å². The molecule has 19 heavy (non-hydrogen) atoms. The second kappa shape index (κ2) is 5.87. The van der Waals surface area contributed by atoms with Crippen molar-refractivity contribution in [3.8, 4) is 0 Å². The van der Waals surface area contributed by atoms with Crippen molar-refractivity contribution in [2.24, 2.45) is 0 Å². The van der Waals surface area contributed by atoms with Gasteiger partial charge >= 0.3 is 6.09 Å². The molecule has 0 saturated carbocycles. The van der Waals surface area contributed by atoms with Gasteiger partial charge in [-0.1, -0.05) is 0 Å². The Balaban J connectivity index is 3.22. The van der Waals surface area contributed by atoms with Crippen LogP contribution in [-0.4, -0.2) is 32.4 Å². The normalized spacial score (nSPS) is 11.1. The van der Waals surface area contributed by atoms with Crippen LogP contribution in [0.15, 0.2) is 18.2 Å². The number of rotatable bonds is 5. The van der Waals surface area contributed by atoms with Gasteiger partial charge in [0.1, 0.15) is 5.82 Å². The Bertz CT molecular complexity index is 574. The number of benzene rings is 1. The molecule has 0 aromatic heterocycles. The van der Waals surface area contributed by atoms with Gasteiger partial charge in [-0.15, -0.1) is 0 Å². The molecular weight excluding hydrogens is 275 g/mol. The fraction of sp³-hybridized carbons (Fsp3) is 0.364. The van der Waals surface area contributed by atoms with E-state index in [0.717, 1.165) is 22.7 Å². The number of nitrogens with zero attached hydrogens (tertiary/aromatic N) is 1. The van der Waals surface area contributed by atoms with Crippen molar-refractivity contribution in [1.82, 2.24) is 5.32 Å². The Kier molecular flexibility index (Phi) is 4.71. The highest BCUT2D eigenvalue weighted by Gasteiger charge is 2.19. The summed E-state index contributed by atoms with van der Waals surface area (Å²) in [7, 11) is -3.51. The Morgan fingerprint density at radius 2 is 2.11 bits per heavy atom. The maximum absolute atomic E-state index is 13.2. The maximum Gasteiger partial charge on any atom is 0.404 e. The summed E-state index contributed by atoms with van der Waals surface area (Å²) in [6.07, 6.45) is -0.230. The topological polar surface area (TPSA) is 86.7 Å². The summed E-state index contributed by atoms with van der Waals surface area (Å²) < 4.78 is 37.5. The minimum atomic E-state index is -3.51. The molecule has 6 nitrogen and oxygen atoms in total. The zero-order valence-corrected chi connectivity index (χ0v) is 11.4. The molecule has 0 fully saturated rings. The SMILES string of the molecule is CCN(c1ccc(F)cc1CNC(=O)O)S(C)(=O)=O. The standard InChI is InChI=1S/C11H15FN2O4S/c1-3-14(19(2,17)18)10-5-4-9(12)6-8(10)7-13-11(15)16/h4-6,13H,3,7H2,1-2H3,(H,15,16). The summed E-state index contributed by atoms with van der Waals surface area (Å²) in [4.78, 5) is 10.5. The van der Waals surface area contributed by atoms with Crippen molar-refractivity contribution < 1.29 is 22.7 Å². The van der Waals surface area contributed by atoms with Crippen LogP contribution in [0.25, 0.3) is 0 Å². The molecule has 106 valence electrons. The van der Waals surface area contributed by atoms with Gasteiger partial charge in [0.05, 0.1) is 11.9 Å². The van der Waals surface area contributed by atoms with Crippen molar-refractivity contribution >= 4 is 21.8 Å². The second-order valence-electron chi connectivity index (χ2n) is 3.86. The summed E-state index contributed by atoms with van der Waals surface area (Å²) in [5.74, 6) is -0.560. The number of nitrogens with one attached hydrogen (secondary N) is 1. The predicted molar refractivity (Wildman–Crippen MR) is 69.1 cm³/mol. The quantitative estimate of drug-likeness (QED) is 0.857. The molecule has 1 amide bonds. The van der Waals surface area contributed by atoms with Crippen LogP contribution in [0.3, 0.4) is 0 Å². The molecule has 1 aromatic carbocycles. The number of hydrogen-bond acceptors (Lipinski definition) is 3. The van der Waals surface area contributed by atoms with Crippen molar-refractivity contribution in [3.05, 3.63) is 29.6 Å². The van der Waals surface area contributed by atoms with E-state index in [2.05, 4.69) is 5.32 Å². The smallest absolute Gasteiger partial charge is 0.404 e. The first kappa shape index (κ1) is 15.2. The van der Waals surface area contributed by atoms with Gasteiger partial charge in [-0.05, 0) is 30.7 Å². The van der Waals surface area contributed by atoms with Crippen molar-refractivity contribution in [3.63, 3.8) is 0 Å². The van der Waals surface area contributed by atoms with E-state index in [9.17, 15) is 17.6 Å². The van der Waals surface area contributed by atoms with E-state index in [1.807, 2.05) is 0 Å². The summed E-state index contributed by atoms with van der Waals surface area (Å²) in [5, 5.41) is 10.6. The summed E-state index contributed by atoms with van der Waals surface area (Å²) in [5.41, 5.74) is 0.523. The lowest BCUT2D eigenvalue weighted by atomic mass is 10.1. The Hall–Kier alpha value is -1.83. The van der Waals surface area contributed by atoms with Crippen LogP contribution in [0.4, 0.5) is 14.9 Å². The average molecular weight is 290 g/mol. The molecular formula is C11H15FN2O4S. The number of amides is 1. The number of halogens is 1. The van der Waals surface area contributed by atoms with E-state index in [4.69, 9.17) is 5.11 Å². The molecule has 2 N–H and O–H groups in total. The average Bonchev–Trinajstić information content (AvgIpc) is 2.27. The van der Waals surface area contributed by atoms with E-state index >= 15 is 0 Å². The zero-order valence-electron chi connectivity index (χ0n) is 10.6. The van der Waals surface area contributed by atoms with Crippen LogP contribution in [0.5, 0.6) is 0 Å². The first-order valence-corrected chi connectivity index (χ1v) is 7.33. The molecule has 1 rings (SSSR count). The third-order valence-electron chi connectivity index (χ3n) is 2.43. The lowest BCUT2D eigenvalue weighted by molar-refractivity contribution is 0.194. The number of carbonyl (C=O) groups is 1. The highest BCUT2D eigenvalue weighted by molar-refractivity contribution is 7.92. The number of hydrogen-bond donors (Lipinski definition) is 2. The second-order valence-corrected chi connectivity index (χ2v) is 5.77. The molecule has 0 aliphatic rings. The van der Waals surface area contributed by atoms with E-state index < -0.39 is 21.9 Å². The van der Waals surface area contributed by atoms with Crippen molar-refractivity contribution in [2.45, 2.75) is 13.5 Å². The molecule has 0 bridgehead atoms. The Morgan fingerprint density at radius 3 is 2.58 bits per heavy atom. The molecule has 0 radical (unpaired) electrons. The van der Waals surface area contributed by atoms with Crippen molar-refractivity contribution in [1.29, 1.82) is 0 Å². The van der Waals surface area contributed by atoms with Crippen LogP contribution in [-0.2, 0) is 16.6 Å². The molecule has 8 heteroatoms. The fourth-order valence-corrected chi connectivity index (χ4v) is 2.70. The van der Waals surface area contributed by atoms with Gasteiger partial charge in [0.25, 0.3) is 0 Å². The van der Waals surface area contributed by atoms with E-state index in [1.165, 1.54) is 6.07 Å². The maximum atomic E-state index is 13.2. The van der Waals surface area contributed by atoms with Gasteiger partial charge in [-0.3, -0.25) is 4.31 Å². The molecule has 0 heterocycles. The van der Waals surface area contributed by atoms with Gasteiger partial charge in [0, 0.05) is 13.1 Å². The summed E-state index contributed by atoms with van der Waals surface area (Å²) in [6.45, 7) is 1.64. The summed E-state index contributed by atoms with van der Waals surface area (Å²) >= 11 is 0.